The van der Waals surface area contributed by atoms with Gasteiger partial charge in [-0.05, 0) is 43.7 Å². The van der Waals surface area contributed by atoms with Crippen LogP contribution in [0, 0.1) is 13.8 Å². The summed E-state index contributed by atoms with van der Waals surface area (Å²) in [5, 5.41) is 9.64. The molecule has 5 nitrogen and oxygen atoms in total. The van der Waals surface area contributed by atoms with Crippen molar-refractivity contribution in [3.8, 4) is 5.75 Å². The molecular formula is C23H23N3O2S. The number of nitrogens with zero attached hydrogens (tertiary/aromatic N) is 3. The van der Waals surface area contributed by atoms with Gasteiger partial charge in [0.15, 0.2) is 11.0 Å². The highest BCUT2D eigenvalue weighted by Crippen LogP contribution is 2.24. The van der Waals surface area contributed by atoms with Gasteiger partial charge in [0.1, 0.15) is 18.1 Å². The maximum absolute atomic E-state index is 5.93. The molecule has 6 heteroatoms. The minimum atomic E-state index is 0.349. The molecular weight excluding hydrogens is 382 g/mol. The number of furan rings is 1. The summed E-state index contributed by atoms with van der Waals surface area (Å²) >= 11 is 1.66. The Morgan fingerprint density at radius 3 is 2.34 bits per heavy atom. The van der Waals surface area contributed by atoms with E-state index in [-0.39, 0.29) is 0 Å². The van der Waals surface area contributed by atoms with Crippen LogP contribution in [0.15, 0.2) is 76.5 Å². The van der Waals surface area contributed by atoms with Crippen LogP contribution in [0.2, 0.25) is 0 Å². The van der Waals surface area contributed by atoms with E-state index < -0.39 is 0 Å². The lowest BCUT2D eigenvalue weighted by molar-refractivity contribution is 0.287. The third-order valence-corrected chi connectivity index (χ3v) is 5.60. The average Bonchev–Trinajstić information content (AvgIpc) is 3.38. The summed E-state index contributed by atoms with van der Waals surface area (Å²) in [7, 11) is 0. The second-order valence-electron chi connectivity index (χ2n) is 6.94. The zero-order chi connectivity index (χ0) is 20.1. The van der Waals surface area contributed by atoms with Gasteiger partial charge >= 0.3 is 0 Å². The van der Waals surface area contributed by atoms with E-state index in [0.29, 0.717) is 13.2 Å². The van der Waals surface area contributed by atoms with Crippen molar-refractivity contribution in [1.82, 2.24) is 14.8 Å². The van der Waals surface area contributed by atoms with Gasteiger partial charge in [-0.3, -0.25) is 4.57 Å². The average molecular weight is 406 g/mol. The zero-order valence-corrected chi connectivity index (χ0v) is 17.4. The molecule has 0 atom stereocenters. The van der Waals surface area contributed by atoms with Gasteiger partial charge in [0.2, 0.25) is 0 Å². The van der Waals surface area contributed by atoms with Crippen LogP contribution in [0.1, 0.15) is 28.3 Å². The third kappa shape index (κ3) is 5.09. The minimum absolute atomic E-state index is 0.349. The van der Waals surface area contributed by atoms with Crippen molar-refractivity contribution in [3.05, 3.63) is 95.2 Å². The summed E-state index contributed by atoms with van der Waals surface area (Å²) in [4.78, 5) is 0. The molecule has 2 aromatic heterocycles. The largest absolute Gasteiger partial charge is 0.486 e. The second-order valence-corrected chi connectivity index (χ2v) is 7.88. The smallest absolute Gasteiger partial charge is 0.192 e. The Labute approximate surface area is 174 Å². The van der Waals surface area contributed by atoms with Crippen molar-refractivity contribution in [1.29, 1.82) is 0 Å². The van der Waals surface area contributed by atoms with Crippen molar-refractivity contribution in [2.75, 3.05) is 0 Å². The van der Waals surface area contributed by atoms with Crippen LogP contribution in [0.3, 0.4) is 0 Å². The van der Waals surface area contributed by atoms with Crippen molar-refractivity contribution in [2.45, 2.75) is 37.9 Å². The van der Waals surface area contributed by atoms with Crippen molar-refractivity contribution in [3.63, 3.8) is 0 Å². The topological polar surface area (TPSA) is 53.1 Å². The number of ether oxygens (including phenoxy) is 1. The summed E-state index contributed by atoms with van der Waals surface area (Å²) in [6, 6.07) is 20.4. The predicted molar refractivity (Wildman–Crippen MR) is 114 cm³/mol. The van der Waals surface area contributed by atoms with Gasteiger partial charge in [0.05, 0.1) is 12.8 Å². The monoisotopic (exact) mass is 405 g/mol. The maximum atomic E-state index is 5.93. The molecule has 0 amide bonds. The lowest BCUT2D eigenvalue weighted by atomic mass is 10.2. The molecule has 0 aliphatic rings. The second kappa shape index (κ2) is 9.01. The quantitative estimate of drug-likeness (QED) is 0.367. The Morgan fingerprint density at radius 2 is 1.66 bits per heavy atom. The summed E-state index contributed by atoms with van der Waals surface area (Å²) in [5.41, 5.74) is 3.72. The van der Waals surface area contributed by atoms with Gasteiger partial charge in [-0.1, -0.05) is 59.3 Å². The first-order chi connectivity index (χ1) is 14.2. The lowest BCUT2D eigenvalue weighted by Gasteiger charge is -2.10. The van der Waals surface area contributed by atoms with Crippen LogP contribution in [-0.4, -0.2) is 14.8 Å². The molecule has 2 aromatic carbocycles. The molecule has 0 bridgehead atoms. The standard InChI is InChI=1S/C23H23N3O2S/c1-17-5-9-19(10-6-17)16-29-23-25-24-22(26(23)14-21-4-3-13-27-21)15-28-20-11-7-18(2)8-12-20/h3-13H,14-16H2,1-2H3. The van der Waals surface area contributed by atoms with E-state index in [1.54, 1.807) is 18.0 Å². The van der Waals surface area contributed by atoms with Gasteiger partial charge in [-0.2, -0.15) is 0 Å². The molecule has 0 saturated carbocycles. The van der Waals surface area contributed by atoms with Gasteiger partial charge in [0, 0.05) is 5.75 Å². The first kappa shape index (κ1) is 19.3. The molecule has 0 N–H and O–H groups in total. The van der Waals surface area contributed by atoms with Crippen molar-refractivity contribution >= 4 is 11.8 Å². The molecule has 29 heavy (non-hydrogen) atoms. The maximum Gasteiger partial charge on any atom is 0.192 e. The van der Waals surface area contributed by atoms with E-state index in [1.165, 1.54) is 16.7 Å². The third-order valence-electron chi connectivity index (χ3n) is 4.56. The molecule has 0 spiro atoms. The number of hydrogen-bond acceptors (Lipinski definition) is 5. The van der Waals surface area contributed by atoms with Crippen molar-refractivity contribution < 1.29 is 9.15 Å². The van der Waals surface area contributed by atoms with Crippen LogP contribution in [0.5, 0.6) is 5.75 Å². The number of rotatable bonds is 8. The molecule has 0 unspecified atom stereocenters. The van der Waals surface area contributed by atoms with Crippen LogP contribution in [-0.2, 0) is 18.9 Å². The number of benzene rings is 2. The molecule has 0 fully saturated rings. The molecule has 2 heterocycles. The SMILES string of the molecule is Cc1ccc(CSc2nnc(COc3ccc(C)cc3)n2Cc2ccco2)cc1. The number of thioether (sulfide) groups is 1. The van der Waals surface area contributed by atoms with E-state index in [4.69, 9.17) is 9.15 Å². The fourth-order valence-corrected chi connectivity index (χ4v) is 3.78. The minimum Gasteiger partial charge on any atom is -0.486 e. The van der Waals surface area contributed by atoms with Crippen LogP contribution < -0.4 is 4.74 Å². The number of hydrogen-bond donors (Lipinski definition) is 0. The van der Waals surface area contributed by atoms with E-state index in [2.05, 4.69) is 52.9 Å². The zero-order valence-electron chi connectivity index (χ0n) is 16.5. The normalized spacial score (nSPS) is 11.0. The highest BCUT2D eigenvalue weighted by atomic mass is 32.2. The molecule has 0 aliphatic carbocycles. The highest BCUT2D eigenvalue weighted by molar-refractivity contribution is 7.98. The highest BCUT2D eigenvalue weighted by Gasteiger charge is 2.15. The summed E-state index contributed by atoms with van der Waals surface area (Å²) in [5.74, 6) is 3.28. The van der Waals surface area contributed by atoms with E-state index >= 15 is 0 Å². The van der Waals surface area contributed by atoms with Crippen LogP contribution in [0.4, 0.5) is 0 Å². The fraction of sp³-hybridized carbons (Fsp3) is 0.217. The Balaban J connectivity index is 1.50. The van der Waals surface area contributed by atoms with Crippen LogP contribution >= 0.6 is 11.8 Å². The fourth-order valence-electron chi connectivity index (χ4n) is 2.86. The summed E-state index contributed by atoms with van der Waals surface area (Å²) in [6.07, 6.45) is 1.68. The summed E-state index contributed by atoms with van der Waals surface area (Å²) in [6.45, 7) is 5.07. The molecule has 148 valence electrons. The number of aromatic nitrogens is 3. The first-order valence-corrected chi connectivity index (χ1v) is 10.5. The summed E-state index contributed by atoms with van der Waals surface area (Å²) < 4.78 is 13.5. The predicted octanol–water partition coefficient (Wildman–Crippen LogP) is 5.41. The molecule has 0 radical (unpaired) electrons. The van der Waals surface area contributed by atoms with E-state index in [9.17, 15) is 0 Å². The molecule has 0 saturated heterocycles. The lowest BCUT2D eigenvalue weighted by Crippen LogP contribution is -2.09. The number of aryl methyl sites for hydroxylation is 2. The van der Waals surface area contributed by atoms with Crippen LogP contribution in [0.25, 0.3) is 0 Å². The van der Waals surface area contributed by atoms with E-state index in [0.717, 1.165) is 28.2 Å². The Kier molecular flexibility index (Phi) is 6.00. The van der Waals surface area contributed by atoms with E-state index in [1.807, 2.05) is 36.4 Å². The Bertz CT molecular complexity index is 972. The van der Waals surface area contributed by atoms with Gasteiger partial charge in [-0.25, -0.2) is 0 Å². The molecule has 4 rings (SSSR count). The Morgan fingerprint density at radius 1 is 0.931 bits per heavy atom. The molecule has 0 aliphatic heterocycles. The Hall–Kier alpha value is -2.99. The first-order valence-electron chi connectivity index (χ1n) is 9.49. The van der Waals surface area contributed by atoms with Gasteiger partial charge < -0.3 is 9.15 Å². The molecule has 4 aromatic rings. The van der Waals surface area contributed by atoms with Gasteiger partial charge in [-0.15, -0.1) is 10.2 Å². The van der Waals surface area contributed by atoms with Gasteiger partial charge in [0.25, 0.3) is 0 Å². The van der Waals surface area contributed by atoms with Crippen molar-refractivity contribution in [2.24, 2.45) is 0 Å².